The zero-order valence-corrected chi connectivity index (χ0v) is 13.7. The molecule has 0 radical (unpaired) electrons. The maximum Gasteiger partial charge on any atom is 0.432 e. The van der Waals surface area contributed by atoms with E-state index in [-0.39, 0.29) is 22.0 Å². The van der Waals surface area contributed by atoms with Crippen molar-refractivity contribution in [2.24, 2.45) is 0 Å². The van der Waals surface area contributed by atoms with Crippen LogP contribution in [0, 0.1) is 0 Å². The molecule has 2 heterocycles. The van der Waals surface area contributed by atoms with Gasteiger partial charge in [0.05, 0.1) is 11.1 Å². The van der Waals surface area contributed by atoms with Gasteiger partial charge in [0.15, 0.2) is 15.7 Å². The molecule has 0 saturated heterocycles. The Morgan fingerprint density at radius 2 is 1.72 bits per heavy atom. The van der Waals surface area contributed by atoms with E-state index in [1.165, 1.54) is 12.3 Å². The van der Waals surface area contributed by atoms with Crippen LogP contribution in [0.3, 0.4) is 0 Å². The lowest BCUT2D eigenvalue weighted by atomic mass is 10.0. The molecule has 1 N–H and O–H groups in total. The second kappa shape index (κ2) is 5.99. The smallest absolute Gasteiger partial charge is 0.333 e. The van der Waals surface area contributed by atoms with Gasteiger partial charge in [0.1, 0.15) is 11.4 Å². The van der Waals surface area contributed by atoms with E-state index in [0.717, 1.165) is 6.26 Å². The molecule has 3 aromatic rings. The van der Waals surface area contributed by atoms with Gasteiger partial charge < -0.3 is 4.98 Å². The third kappa shape index (κ3) is 3.41. The summed E-state index contributed by atoms with van der Waals surface area (Å²) in [5.41, 5.74) is -0.289. The minimum absolute atomic E-state index is 0.0321. The number of nitrogens with zero attached hydrogens (tertiary/aromatic N) is 2. The molecule has 9 heteroatoms. The summed E-state index contributed by atoms with van der Waals surface area (Å²) in [6.07, 6.45) is -1.68. The second-order valence-electron chi connectivity index (χ2n) is 5.31. The van der Waals surface area contributed by atoms with E-state index in [9.17, 15) is 21.6 Å². The van der Waals surface area contributed by atoms with E-state index in [1.807, 2.05) is 0 Å². The number of aromatic amines is 1. The van der Waals surface area contributed by atoms with E-state index in [2.05, 4.69) is 15.0 Å². The van der Waals surface area contributed by atoms with Crippen LogP contribution in [-0.2, 0) is 16.0 Å². The number of sulfone groups is 1. The number of alkyl halides is 3. The molecule has 0 amide bonds. The van der Waals surface area contributed by atoms with Crippen LogP contribution in [0.15, 0.2) is 53.7 Å². The first kappa shape index (κ1) is 17.2. The largest absolute Gasteiger partial charge is 0.432 e. The molecule has 0 atom stereocenters. The third-order valence-corrected chi connectivity index (χ3v) is 4.62. The Morgan fingerprint density at radius 1 is 1.04 bits per heavy atom. The minimum Gasteiger partial charge on any atom is -0.333 e. The summed E-state index contributed by atoms with van der Waals surface area (Å²) in [5.74, 6) is -0.156. The molecule has 25 heavy (non-hydrogen) atoms. The number of halogens is 3. The number of hydrogen-bond donors (Lipinski definition) is 1. The standard InChI is InChI=1S/C16H12F3N3O2S/c1-25(23,24)11-7-8-20-14(13(11)10-5-3-2-4-6-10)15-21-9-12(22-15)16(17,18)19/h2-9H,1H3,(H,21,22). The fourth-order valence-corrected chi connectivity index (χ4v) is 3.30. The lowest BCUT2D eigenvalue weighted by Crippen LogP contribution is -2.06. The van der Waals surface area contributed by atoms with Gasteiger partial charge in [-0.05, 0) is 11.6 Å². The Kier molecular flexibility index (Phi) is 4.11. The van der Waals surface area contributed by atoms with Crippen molar-refractivity contribution in [3.05, 3.63) is 54.5 Å². The van der Waals surface area contributed by atoms with Crippen molar-refractivity contribution in [3.8, 4) is 22.6 Å². The topological polar surface area (TPSA) is 75.7 Å². The van der Waals surface area contributed by atoms with Crippen molar-refractivity contribution in [3.63, 3.8) is 0 Å². The second-order valence-corrected chi connectivity index (χ2v) is 7.30. The van der Waals surface area contributed by atoms with Crippen LogP contribution >= 0.6 is 0 Å². The van der Waals surface area contributed by atoms with Gasteiger partial charge in [0.25, 0.3) is 0 Å². The lowest BCUT2D eigenvalue weighted by Gasteiger charge is -2.12. The van der Waals surface area contributed by atoms with Gasteiger partial charge in [-0.2, -0.15) is 13.2 Å². The molecule has 0 fully saturated rings. The van der Waals surface area contributed by atoms with Crippen LogP contribution in [0.25, 0.3) is 22.6 Å². The molecule has 0 aliphatic carbocycles. The van der Waals surface area contributed by atoms with E-state index in [1.54, 1.807) is 30.3 Å². The van der Waals surface area contributed by atoms with Crippen molar-refractivity contribution in [1.29, 1.82) is 0 Å². The fourth-order valence-electron chi connectivity index (χ4n) is 2.40. The average molecular weight is 367 g/mol. The Bertz CT molecular complexity index is 1010. The van der Waals surface area contributed by atoms with Crippen LogP contribution in [0.2, 0.25) is 0 Å². The molecule has 0 aliphatic rings. The molecule has 0 unspecified atom stereocenters. The summed E-state index contributed by atoms with van der Waals surface area (Å²) in [5, 5.41) is 0. The number of pyridine rings is 1. The highest BCUT2D eigenvalue weighted by atomic mass is 32.2. The maximum absolute atomic E-state index is 12.8. The zero-order chi connectivity index (χ0) is 18.2. The fraction of sp³-hybridized carbons (Fsp3) is 0.125. The van der Waals surface area contributed by atoms with Crippen LogP contribution in [0.4, 0.5) is 13.2 Å². The summed E-state index contributed by atoms with van der Waals surface area (Å²) < 4.78 is 62.7. The monoisotopic (exact) mass is 367 g/mol. The van der Waals surface area contributed by atoms with E-state index in [0.29, 0.717) is 11.8 Å². The van der Waals surface area contributed by atoms with Crippen LogP contribution in [-0.4, -0.2) is 29.6 Å². The first-order valence-corrected chi connectivity index (χ1v) is 8.94. The Balaban J connectivity index is 2.29. The van der Waals surface area contributed by atoms with Gasteiger partial charge in [-0.15, -0.1) is 0 Å². The van der Waals surface area contributed by atoms with Gasteiger partial charge in [0.2, 0.25) is 0 Å². The number of hydrogen-bond acceptors (Lipinski definition) is 4. The molecule has 0 aliphatic heterocycles. The summed E-state index contributed by atoms with van der Waals surface area (Å²) in [4.78, 5) is 9.93. The molecule has 0 bridgehead atoms. The SMILES string of the molecule is CS(=O)(=O)c1ccnc(-c2ncc(C(F)(F)F)[nH]2)c1-c1ccccc1. The molecular formula is C16H12F3N3O2S. The minimum atomic E-state index is -4.59. The normalized spacial score (nSPS) is 12.3. The first-order valence-electron chi connectivity index (χ1n) is 7.05. The van der Waals surface area contributed by atoms with Crippen molar-refractivity contribution in [2.75, 3.05) is 6.26 Å². The molecule has 130 valence electrons. The Morgan fingerprint density at radius 3 is 2.28 bits per heavy atom. The predicted molar refractivity (Wildman–Crippen MR) is 85.4 cm³/mol. The molecule has 2 aromatic heterocycles. The Labute approximate surface area is 141 Å². The highest BCUT2D eigenvalue weighted by Gasteiger charge is 2.33. The quantitative estimate of drug-likeness (QED) is 0.768. The molecular weight excluding hydrogens is 355 g/mol. The molecule has 0 spiro atoms. The molecule has 0 saturated carbocycles. The van der Waals surface area contributed by atoms with E-state index < -0.39 is 21.7 Å². The third-order valence-electron chi connectivity index (χ3n) is 3.48. The molecule has 5 nitrogen and oxygen atoms in total. The molecule has 3 rings (SSSR count). The van der Waals surface area contributed by atoms with Crippen LogP contribution < -0.4 is 0 Å². The Hall–Kier alpha value is -2.68. The van der Waals surface area contributed by atoms with E-state index in [4.69, 9.17) is 0 Å². The summed E-state index contributed by atoms with van der Waals surface area (Å²) in [6.45, 7) is 0. The number of H-pyrrole nitrogens is 1. The zero-order valence-electron chi connectivity index (χ0n) is 12.9. The summed E-state index contributed by atoms with van der Waals surface area (Å²) in [7, 11) is -3.64. The number of aromatic nitrogens is 3. The summed E-state index contributed by atoms with van der Waals surface area (Å²) >= 11 is 0. The van der Waals surface area contributed by atoms with Gasteiger partial charge in [-0.1, -0.05) is 30.3 Å². The molecule has 1 aromatic carbocycles. The van der Waals surface area contributed by atoms with Crippen molar-refractivity contribution in [1.82, 2.24) is 15.0 Å². The van der Waals surface area contributed by atoms with E-state index >= 15 is 0 Å². The number of imidazole rings is 1. The van der Waals surface area contributed by atoms with Gasteiger partial charge >= 0.3 is 6.18 Å². The summed E-state index contributed by atoms with van der Waals surface area (Å²) in [6, 6.07) is 9.76. The van der Waals surface area contributed by atoms with Gasteiger partial charge in [0, 0.05) is 18.0 Å². The van der Waals surface area contributed by atoms with Crippen molar-refractivity contribution in [2.45, 2.75) is 11.1 Å². The lowest BCUT2D eigenvalue weighted by molar-refractivity contribution is -0.140. The first-order chi connectivity index (χ1) is 11.7. The van der Waals surface area contributed by atoms with Crippen molar-refractivity contribution < 1.29 is 21.6 Å². The number of rotatable bonds is 3. The van der Waals surface area contributed by atoms with Gasteiger partial charge in [-0.3, -0.25) is 4.98 Å². The average Bonchev–Trinajstić information content (AvgIpc) is 3.04. The van der Waals surface area contributed by atoms with Crippen LogP contribution in [0.1, 0.15) is 5.69 Å². The van der Waals surface area contributed by atoms with Crippen LogP contribution in [0.5, 0.6) is 0 Å². The number of benzene rings is 1. The maximum atomic E-state index is 12.8. The van der Waals surface area contributed by atoms with Crippen molar-refractivity contribution >= 4 is 9.84 Å². The highest BCUT2D eigenvalue weighted by molar-refractivity contribution is 7.90. The van der Waals surface area contributed by atoms with Gasteiger partial charge in [-0.25, -0.2) is 13.4 Å². The predicted octanol–water partition coefficient (Wildman–Crippen LogP) is 3.56. The number of nitrogens with one attached hydrogen (secondary N) is 1. The highest BCUT2D eigenvalue weighted by Crippen LogP contribution is 2.36.